The van der Waals surface area contributed by atoms with Crippen molar-refractivity contribution in [1.29, 1.82) is 0 Å². The first-order chi connectivity index (χ1) is 12.2. The topological polar surface area (TPSA) is 64.4 Å². The van der Waals surface area contributed by atoms with Crippen LogP contribution in [0.2, 0.25) is 0 Å². The van der Waals surface area contributed by atoms with Gasteiger partial charge in [0.15, 0.2) is 5.76 Å². The third-order valence-corrected chi connectivity index (χ3v) is 4.34. The fraction of sp³-hybridized carbons (Fsp3) is 0.200. The zero-order chi connectivity index (χ0) is 17.2. The molecule has 0 bridgehead atoms. The highest BCUT2D eigenvalue weighted by Gasteiger charge is 2.26. The lowest BCUT2D eigenvalue weighted by molar-refractivity contribution is 0.0915. The summed E-state index contributed by atoms with van der Waals surface area (Å²) in [6.07, 6.45) is 0.743. The van der Waals surface area contributed by atoms with Crippen LogP contribution in [-0.4, -0.2) is 23.7 Å². The summed E-state index contributed by atoms with van der Waals surface area (Å²) in [6.45, 7) is 2.23. The molecular weight excluding hydrogens is 316 g/mol. The molecule has 1 aromatic heterocycles. The second-order valence-corrected chi connectivity index (χ2v) is 6.13. The summed E-state index contributed by atoms with van der Waals surface area (Å²) in [4.78, 5) is 12.8. The number of fused-ring (bicyclic) bond motifs is 1. The molecule has 1 atom stereocenters. The number of hydrogen-bond acceptors (Lipinski definition) is 4. The van der Waals surface area contributed by atoms with Crippen molar-refractivity contribution in [3.8, 4) is 17.1 Å². The quantitative estimate of drug-likeness (QED) is 0.797. The Hall–Kier alpha value is -3.08. The molecule has 4 rings (SSSR count). The van der Waals surface area contributed by atoms with Crippen LogP contribution in [0.5, 0.6) is 5.75 Å². The Morgan fingerprint density at radius 1 is 1.12 bits per heavy atom. The summed E-state index contributed by atoms with van der Waals surface area (Å²) in [6, 6.07) is 17.3. The van der Waals surface area contributed by atoms with Gasteiger partial charge < -0.3 is 14.6 Å². The third kappa shape index (κ3) is 3.01. The zero-order valence-electron chi connectivity index (χ0n) is 13.9. The van der Waals surface area contributed by atoms with Crippen LogP contribution in [-0.2, 0) is 6.42 Å². The Morgan fingerprint density at radius 2 is 1.88 bits per heavy atom. The summed E-state index contributed by atoms with van der Waals surface area (Å²) in [5, 5.41) is 7.03. The Kier molecular flexibility index (Phi) is 3.98. The fourth-order valence-corrected chi connectivity index (χ4v) is 3.10. The average molecular weight is 334 g/mol. The van der Waals surface area contributed by atoms with Gasteiger partial charge in [-0.05, 0) is 25.0 Å². The molecule has 5 heteroatoms. The summed E-state index contributed by atoms with van der Waals surface area (Å²) < 4.78 is 11.2. The van der Waals surface area contributed by atoms with Gasteiger partial charge in [-0.15, -0.1) is 0 Å². The molecule has 1 unspecified atom stereocenters. The third-order valence-electron chi connectivity index (χ3n) is 4.34. The molecule has 0 aliphatic carbocycles. The van der Waals surface area contributed by atoms with Crippen LogP contribution in [0.3, 0.4) is 0 Å². The smallest absolute Gasteiger partial charge is 0.257 e. The van der Waals surface area contributed by atoms with E-state index in [9.17, 15) is 4.79 Å². The summed E-state index contributed by atoms with van der Waals surface area (Å²) >= 11 is 0. The largest absolute Gasteiger partial charge is 0.491 e. The number of nitrogens with one attached hydrogen (secondary N) is 1. The van der Waals surface area contributed by atoms with Crippen molar-refractivity contribution >= 4 is 5.91 Å². The van der Waals surface area contributed by atoms with Crippen molar-refractivity contribution < 1.29 is 14.1 Å². The summed E-state index contributed by atoms with van der Waals surface area (Å²) in [5.74, 6) is 1.19. The number of hydrogen-bond donors (Lipinski definition) is 1. The molecule has 0 fully saturated rings. The Labute approximate surface area is 145 Å². The lowest BCUT2D eigenvalue weighted by atomic mass is 10.0. The van der Waals surface area contributed by atoms with Crippen molar-refractivity contribution in [2.24, 2.45) is 0 Å². The highest BCUT2D eigenvalue weighted by molar-refractivity contribution is 6.00. The maximum atomic E-state index is 12.8. The number of ether oxygens (including phenoxy) is 1. The summed E-state index contributed by atoms with van der Waals surface area (Å²) in [5.41, 5.74) is 2.99. The lowest BCUT2D eigenvalue weighted by Gasteiger charge is -2.26. The number of carbonyl (C=O) groups is 1. The maximum absolute atomic E-state index is 12.8. The number of nitrogens with zero attached hydrogens (tertiary/aromatic N) is 1. The van der Waals surface area contributed by atoms with Crippen molar-refractivity contribution in [2.45, 2.75) is 19.4 Å². The molecule has 3 aromatic rings. The first kappa shape index (κ1) is 15.4. The molecule has 5 nitrogen and oxygen atoms in total. The van der Waals surface area contributed by atoms with Crippen LogP contribution in [0.25, 0.3) is 11.3 Å². The number of aryl methyl sites for hydroxylation is 1. The van der Waals surface area contributed by atoms with Gasteiger partial charge in [-0.1, -0.05) is 53.7 Å². The van der Waals surface area contributed by atoms with Crippen LogP contribution in [0, 0.1) is 6.92 Å². The maximum Gasteiger partial charge on any atom is 0.257 e. The molecule has 126 valence electrons. The zero-order valence-corrected chi connectivity index (χ0v) is 13.9. The van der Waals surface area contributed by atoms with E-state index in [-0.39, 0.29) is 11.9 Å². The van der Waals surface area contributed by atoms with E-state index in [2.05, 4.69) is 10.5 Å². The number of rotatable bonds is 3. The number of aromatic nitrogens is 1. The number of benzene rings is 2. The second-order valence-electron chi connectivity index (χ2n) is 6.13. The van der Waals surface area contributed by atoms with Gasteiger partial charge in [0, 0.05) is 5.56 Å². The standard InChI is InChI=1S/C20H18N2O3/c1-13-18(19(25-22-13)14-7-3-2-4-8-14)20(23)21-16-11-15-9-5-6-10-17(15)24-12-16/h2-10,16H,11-12H2,1H3,(H,21,23). The minimum Gasteiger partial charge on any atom is -0.491 e. The van der Waals surface area contributed by atoms with Crippen LogP contribution in [0.15, 0.2) is 59.1 Å². The van der Waals surface area contributed by atoms with Crippen LogP contribution in [0.1, 0.15) is 21.6 Å². The molecule has 2 heterocycles. The molecule has 1 N–H and O–H groups in total. The molecule has 1 aliphatic heterocycles. The van der Waals surface area contributed by atoms with Gasteiger partial charge in [-0.2, -0.15) is 0 Å². The number of para-hydroxylation sites is 1. The molecule has 0 radical (unpaired) electrons. The molecule has 1 aliphatic rings. The SMILES string of the molecule is Cc1noc(-c2ccccc2)c1C(=O)NC1COc2ccccc2C1. The predicted molar refractivity (Wildman–Crippen MR) is 93.6 cm³/mol. The van der Waals surface area contributed by atoms with Gasteiger partial charge in [0.25, 0.3) is 5.91 Å². The minimum absolute atomic E-state index is 0.0830. The molecule has 0 spiro atoms. The fourth-order valence-electron chi connectivity index (χ4n) is 3.10. The molecule has 1 amide bonds. The monoisotopic (exact) mass is 334 g/mol. The van der Waals surface area contributed by atoms with E-state index in [0.29, 0.717) is 23.6 Å². The van der Waals surface area contributed by atoms with Gasteiger partial charge in [0.1, 0.15) is 17.9 Å². The molecular formula is C20H18N2O3. The molecule has 2 aromatic carbocycles. The van der Waals surface area contributed by atoms with E-state index < -0.39 is 0 Å². The second kappa shape index (κ2) is 6.43. The predicted octanol–water partition coefficient (Wildman–Crippen LogP) is 3.38. The van der Waals surface area contributed by atoms with Gasteiger partial charge in [-0.25, -0.2) is 0 Å². The highest BCUT2D eigenvalue weighted by atomic mass is 16.5. The number of carbonyl (C=O) groups excluding carboxylic acids is 1. The summed E-state index contributed by atoms with van der Waals surface area (Å²) in [7, 11) is 0. The van der Waals surface area contributed by atoms with Gasteiger partial charge >= 0.3 is 0 Å². The van der Waals surface area contributed by atoms with Crippen LogP contribution >= 0.6 is 0 Å². The van der Waals surface area contributed by atoms with E-state index in [1.54, 1.807) is 6.92 Å². The Balaban J connectivity index is 1.56. The molecule has 0 saturated carbocycles. The number of amides is 1. The van der Waals surface area contributed by atoms with Crippen LogP contribution in [0.4, 0.5) is 0 Å². The van der Waals surface area contributed by atoms with Crippen LogP contribution < -0.4 is 10.1 Å². The Bertz CT molecular complexity index is 902. The van der Waals surface area contributed by atoms with E-state index in [1.165, 1.54) is 0 Å². The molecule has 25 heavy (non-hydrogen) atoms. The van der Waals surface area contributed by atoms with E-state index in [1.807, 2.05) is 54.6 Å². The highest BCUT2D eigenvalue weighted by Crippen LogP contribution is 2.27. The van der Waals surface area contributed by atoms with E-state index in [4.69, 9.17) is 9.26 Å². The lowest BCUT2D eigenvalue weighted by Crippen LogP contribution is -2.42. The first-order valence-corrected chi connectivity index (χ1v) is 8.25. The normalized spacial score (nSPS) is 16.0. The average Bonchev–Trinajstić information content (AvgIpc) is 3.04. The van der Waals surface area contributed by atoms with Gasteiger partial charge in [0.2, 0.25) is 0 Å². The van der Waals surface area contributed by atoms with Gasteiger partial charge in [-0.3, -0.25) is 4.79 Å². The van der Waals surface area contributed by atoms with Crippen molar-refractivity contribution in [2.75, 3.05) is 6.61 Å². The van der Waals surface area contributed by atoms with Crippen molar-refractivity contribution in [3.05, 3.63) is 71.4 Å². The van der Waals surface area contributed by atoms with Crippen molar-refractivity contribution in [1.82, 2.24) is 10.5 Å². The minimum atomic E-state index is -0.189. The first-order valence-electron chi connectivity index (χ1n) is 8.25. The van der Waals surface area contributed by atoms with E-state index in [0.717, 1.165) is 23.3 Å². The van der Waals surface area contributed by atoms with E-state index >= 15 is 0 Å². The van der Waals surface area contributed by atoms with Crippen molar-refractivity contribution in [3.63, 3.8) is 0 Å². The molecule has 0 saturated heterocycles. The van der Waals surface area contributed by atoms with Gasteiger partial charge in [0.05, 0.1) is 11.7 Å². The Morgan fingerprint density at radius 3 is 2.72 bits per heavy atom.